The minimum atomic E-state index is -4.70. The number of anilines is 1. The summed E-state index contributed by atoms with van der Waals surface area (Å²) in [5.74, 6) is -3.91. The molecule has 2 aliphatic heterocycles. The number of hydrogen-bond acceptors (Lipinski definition) is 10. The fourth-order valence-electron chi connectivity index (χ4n) is 3.89. The zero-order valence-electron chi connectivity index (χ0n) is 20.4. The van der Waals surface area contributed by atoms with Gasteiger partial charge in [-0.1, -0.05) is 18.2 Å². The van der Waals surface area contributed by atoms with Gasteiger partial charge < -0.3 is 25.7 Å². The van der Waals surface area contributed by atoms with Crippen LogP contribution in [0.4, 0.5) is 18.3 Å². The molecule has 0 saturated carbocycles. The van der Waals surface area contributed by atoms with Crippen LogP contribution in [0.2, 0.25) is 0 Å². The van der Waals surface area contributed by atoms with E-state index in [0.29, 0.717) is 0 Å². The van der Waals surface area contributed by atoms with Crippen molar-refractivity contribution in [2.24, 2.45) is 0 Å². The molecule has 0 radical (unpaired) electrons. The number of fused-ring (bicyclic) bond motifs is 1. The van der Waals surface area contributed by atoms with E-state index in [1.54, 1.807) is 0 Å². The van der Waals surface area contributed by atoms with Crippen molar-refractivity contribution in [2.45, 2.75) is 24.5 Å². The Morgan fingerprint density at radius 2 is 2.00 bits per heavy atom. The second-order valence-electron chi connectivity index (χ2n) is 8.09. The van der Waals surface area contributed by atoms with Crippen molar-refractivity contribution in [1.29, 1.82) is 0 Å². The maximum absolute atomic E-state index is 13.5. The number of nitrogens with one attached hydrogen (secondary N) is 1. The van der Waals surface area contributed by atoms with Crippen molar-refractivity contribution in [1.82, 2.24) is 15.2 Å². The number of nitrogens with two attached hydrogens (primary N) is 1. The molecule has 1 fully saturated rings. The maximum Gasteiger partial charge on any atom is 1.00 e. The summed E-state index contributed by atoms with van der Waals surface area (Å²) in [4.78, 5) is 54.0. The Bertz CT molecular complexity index is 1390. The Morgan fingerprint density at radius 3 is 2.59 bits per heavy atom. The summed E-state index contributed by atoms with van der Waals surface area (Å²) < 4.78 is 45.5. The fourth-order valence-corrected chi connectivity index (χ4v) is 5.78. The number of halogens is 3. The normalized spacial score (nSPS) is 19.0. The predicted octanol–water partition coefficient (Wildman–Crippen LogP) is -1.74. The third kappa shape index (κ3) is 6.49. The molecule has 3 heterocycles. The number of thioether (sulfide) groups is 1. The number of carboxylic acids is 1. The molecule has 200 valence electrons. The van der Waals surface area contributed by atoms with Crippen LogP contribution >= 0.6 is 23.1 Å². The molecule has 2 aliphatic rings. The number of hydrogen-bond donors (Lipinski definition) is 2. The molecule has 3 N–H and O–H groups in total. The number of benzene rings is 1. The molecule has 16 heteroatoms. The molecule has 2 amide bonds. The number of nitrogen functional groups attached to an aromatic ring is 1. The fraction of sp³-hybridized carbons (Fsp3) is 0.261. The van der Waals surface area contributed by atoms with Crippen LogP contribution in [0.5, 0.6) is 0 Å². The van der Waals surface area contributed by atoms with Crippen molar-refractivity contribution in [2.75, 3.05) is 18.1 Å². The average molecular weight is 591 g/mol. The summed E-state index contributed by atoms with van der Waals surface area (Å²) in [7, 11) is 0. The Balaban J connectivity index is 0.00000420. The molecular formula is C23H18F3N4NaO6S2. The topological polar surface area (TPSA) is 155 Å². The van der Waals surface area contributed by atoms with E-state index in [-0.39, 0.29) is 69.5 Å². The zero-order valence-corrected chi connectivity index (χ0v) is 24.0. The van der Waals surface area contributed by atoms with Crippen LogP contribution < -0.4 is 45.7 Å². The Kier molecular flexibility index (Phi) is 9.54. The second kappa shape index (κ2) is 12.1. The molecule has 39 heavy (non-hydrogen) atoms. The van der Waals surface area contributed by atoms with Crippen LogP contribution in [0.15, 0.2) is 40.9 Å². The summed E-state index contributed by atoms with van der Waals surface area (Å²) >= 11 is 2.09. The summed E-state index contributed by atoms with van der Waals surface area (Å²) in [6.45, 7) is 0.794. The van der Waals surface area contributed by atoms with E-state index in [1.165, 1.54) is 23.6 Å². The summed E-state index contributed by atoms with van der Waals surface area (Å²) in [5, 5.41) is 14.9. The number of thiazole rings is 1. The van der Waals surface area contributed by atoms with Gasteiger partial charge in [0.25, 0.3) is 11.8 Å². The first-order valence-corrected chi connectivity index (χ1v) is 12.7. The van der Waals surface area contributed by atoms with E-state index in [0.717, 1.165) is 47.1 Å². The average Bonchev–Trinajstić information content (AvgIpc) is 3.28. The van der Waals surface area contributed by atoms with Crippen molar-refractivity contribution >= 4 is 63.6 Å². The van der Waals surface area contributed by atoms with Gasteiger partial charge in [-0.15, -0.1) is 23.1 Å². The van der Waals surface area contributed by atoms with Gasteiger partial charge in [0.2, 0.25) is 0 Å². The van der Waals surface area contributed by atoms with Crippen molar-refractivity contribution in [3.63, 3.8) is 0 Å². The number of β-lactam (4-membered cyclic amide) rings is 1. The molecule has 1 unspecified atom stereocenters. The number of rotatable bonds is 7. The van der Waals surface area contributed by atoms with E-state index >= 15 is 0 Å². The van der Waals surface area contributed by atoms with Gasteiger partial charge in [-0.3, -0.25) is 19.3 Å². The van der Waals surface area contributed by atoms with Crippen LogP contribution in [0.3, 0.4) is 0 Å². The third-order valence-electron chi connectivity index (χ3n) is 5.59. The van der Waals surface area contributed by atoms with Crippen molar-refractivity contribution < 1.29 is 71.8 Å². The van der Waals surface area contributed by atoms with E-state index in [1.807, 2.05) is 0 Å². The molecule has 0 aliphatic carbocycles. The summed E-state index contributed by atoms with van der Waals surface area (Å²) in [6.07, 6.45) is -3.69. The number of carbonyl (C=O) groups is 4. The van der Waals surface area contributed by atoms with Crippen LogP contribution in [0.1, 0.15) is 23.7 Å². The van der Waals surface area contributed by atoms with Crippen LogP contribution in [-0.4, -0.2) is 57.4 Å². The van der Waals surface area contributed by atoms with E-state index in [4.69, 9.17) is 10.5 Å². The number of aromatic nitrogens is 1. The standard InChI is InChI=1S/C23H19F3N4O6S2.Na/c1-10(31)36-7-12-8-37-20-16(19(33)30(20)17(12)21(34)35)29-18(32)13(15-9-38-22(27)28-15)6-11-4-2-3-5-14(11)23(24,25)26;/h2-6,9,16,20H,7-8H2,1H3,(H2,27,28)(H,29,32)(H,34,35);/q;+1/p-1/b13-6+;/t16?,20-;/m1./s1. The molecule has 2 aromatic rings. The SMILES string of the molecule is CC(=O)OCC1=C(C(=O)[O-])N2C(=O)C(NC(=O)/C(=C/c3ccccc3C(F)(F)F)c3csc(N)n3)[C@H]2SC1.[Na+]. The third-order valence-corrected chi connectivity index (χ3v) is 7.60. The van der Waals surface area contributed by atoms with Crippen molar-refractivity contribution in [3.05, 3.63) is 57.7 Å². The molecule has 10 nitrogen and oxygen atoms in total. The van der Waals surface area contributed by atoms with Gasteiger partial charge in [0.1, 0.15) is 18.0 Å². The van der Waals surface area contributed by atoms with Gasteiger partial charge in [0, 0.05) is 23.6 Å². The first kappa shape index (κ1) is 30.7. The first-order valence-electron chi connectivity index (χ1n) is 10.8. The second-order valence-corrected chi connectivity index (χ2v) is 10.1. The Hall–Kier alpha value is -2.85. The van der Waals surface area contributed by atoms with Gasteiger partial charge in [0.15, 0.2) is 5.13 Å². The molecular weight excluding hydrogens is 572 g/mol. The summed E-state index contributed by atoms with van der Waals surface area (Å²) in [6, 6.07) is 3.44. The van der Waals surface area contributed by atoms with Gasteiger partial charge in [0.05, 0.1) is 28.5 Å². The van der Waals surface area contributed by atoms with Gasteiger partial charge >= 0.3 is 41.7 Å². The number of esters is 1. The van der Waals surface area contributed by atoms with Crippen LogP contribution in [0.25, 0.3) is 11.6 Å². The number of alkyl halides is 3. The van der Waals surface area contributed by atoms with Gasteiger partial charge in [-0.25, -0.2) is 4.98 Å². The molecule has 0 bridgehead atoms. The Morgan fingerprint density at radius 1 is 1.31 bits per heavy atom. The number of aliphatic carboxylic acids is 1. The molecule has 1 aromatic carbocycles. The minimum Gasteiger partial charge on any atom is -0.543 e. The van der Waals surface area contributed by atoms with Gasteiger partial charge in [-0.2, -0.15) is 13.2 Å². The molecule has 1 aromatic heterocycles. The largest absolute Gasteiger partial charge is 1.00 e. The zero-order chi connectivity index (χ0) is 27.8. The number of carboxylic acid groups (broad SMARTS) is 1. The van der Waals surface area contributed by atoms with E-state index in [9.17, 15) is 37.5 Å². The van der Waals surface area contributed by atoms with Crippen molar-refractivity contribution in [3.8, 4) is 0 Å². The molecule has 1 saturated heterocycles. The van der Waals surface area contributed by atoms with E-state index in [2.05, 4.69) is 10.3 Å². The molecule has 4 rings (SSSR count). The Labute approximate surface area is 249 Å². The quantitative estimate of drug-likeness (QED) is 0.166. The minimum absolute atomic E-state index is 0. The predicted molar refractivity (Wildman–Crippen MR) is 130 cm³/mol. The van der Waals surface area contributed by atoms with Crippen LogP contribution in [-0.2, 0) is 30.1 Å². The number of amides is 2. The van der Waals surface area contributed by atoms with Gasteiger partial charge in [-0.05, 0) is 17.7 Å². The van der Waals surface area contributed by atoms with Crippen LogP contribution in [0, 0.1) is 0 Å². The monoisotopic (exact) mass is 590 g/mol. The molecule has 0 spiro atoms. The number of ether oxygens (including phenoxy) is 1. The number of nitrogens with zero attached hydrogens (tertiary/aromatic N) is 2. The van der Waals surface area contributed by atoms with E-state index < -0.39 is 52.6 Å². The smallest absolute Gasteiger partial charge is 0.543 e. The maximum atomic E-state index is 13.5. The summed E-state index contributed by atoms with van der Waals surface area (Å²) in [5.41, 5.74) is 3.81. The molecule has 2 atom stereocenters. The number of carbonyl (C=O) groups excluding carboxylic acids is 4. The first-order chi connectivity index (χ1) is 17.9.